The van der Waals surface area contributed by atoms with Crippen LogP contribution in [-0.2, 0) is 12.1 Å². The van der Waals surface area contributed by atoms with E-state index in [9.17, 15) is 8.78 Å². The average Bonchev–Trinajstić information content (AvgIpc) is 2.82. The van der Waals surface area contributed by atoms with E-state index < -0.39 is 11.6 Å². The number of nitrogens with zero attached hydrogens (tertiary/aromatic N) is 2. The van der Waals surface area contributed by atoms with Crippen LogP contribution in [0.3, 0.4) is 0 Å². The summed E-state index contributed by atoms with van der Waals surface area (Å²) in [5, 5.41) is 3.18. The largest absolute Gasteiger partial charge is 0.328 e. The molecule has 0 atom stereocenters. The molecular weight excluding hydrogens is 248 g/mol. The fraction of sp³-hybridized carbons (Fsp3) is 0.357. The topological polar surface area (TPSA) is 29.9 Å². The van der Waals surface area contributed by atoms with Gasteiger partial charge in [0.1, 0.15) is 11.6 Å². The van der Waals surface area contributed by atoms with Crippen LogP contribution in [0, 0.1) is 11.6 Å². The third-order valence-corrected chi connectivity index (χ3v) is 3.33. The first kappa shape index (κ1) is 13.7. The number of nitrogens with one attached hydrogen (secondary N) is 1. The SMILES string of the molecule is CNC(C)(C)c1cncn1Cc1ccc(F)cc1F. The molecule has 0 radical (unpaired) electrons. The molecule has 0 aliphatic rings. The van der Waals surface area contributed by atoms with Crippen molar-refractivity contribution in [3.63, 3.8) is 0 Å². The third kappa shape index (κ3) is 2.81. The van der Waals surface area contributed by atoms with E-state index in [1.165, 1.54) is 12.1 Å². The Morgan fingerprint density at radius 2 is 2.05 bits per heavy atom. The quantitative estimate of drug-likeness (QED) is 0.921. The zero-order valence-corrected chi connectivity index (χ0v) is 11.2. The first-order valence-electron chi connectivity index (χ1n) is 6.07. The van der Waals surface area contributed by atoms with Crippen LogP contribution in [0.25, 0.3) is 0 Å². The van der Waals surface area contributed by atoms with Crippen molar-refractivity contribution in [2.45, 2.75) is 25.9 Å². The molecule has 0 aliphatic heterocycles. The predicted molar refractivity (Wildman–Crippen MR) is 69.8 cm³/mol. The molecular formula is C14H17F2N3. The van der Waals surface area contributed by atoms with Gasteiger partial charge in [-0.25, -0.2) is 13.8 Å². The molecule has 0 saturated heterocycles. The zero-order chi connectivity index (χ0) is 14.0. The van der Waals surface area contributed by atoms with E-state index in [1.807, 2.05) is 25.5 Å². The van der Waals surface area contributed by atoms with Crippen molar-refractivity contribution in [2.75, 3.05) is 7.05 Å². The van der Waals surface area contributed by atoms with Crippen molar-refractivity contribution < 1.29 is 8.78 Å². The Labute approximate surface area is 111 Å². The lowest BCUT2D eigenvalue weighted by Crippen LogP contribution is -2.35. The lowest BCUT2D eigenvalue weighted by Gasteiger charge is -2.25. The first-order chi connectivity index (χ1) is 8.94. The van der Waals surface area contributed by atoms with Gasteiger partial charge in [-0.3, -0.25) is 0 Å². The molecule has 0 unspecified atom stereocenters. The number of imidazole rings is 1. The molecule has 0 fully saturated rings. The van der Waals surface area contributed by atoms with E-state index >= 15 is 0 Å². The van der Waals surface area contributed by atoms with Gasteiger partial charge in [0, 0.05) is 11.6 Å². The average molecular weight is 265 g/mol. The predicted octanol–water partition coefficient (Wildman–Crippen LogP) is 2.66. The van der Waals surface area contributed by atoms with Crippen molar-refractivity contribution in [3.05, 3.63) is 53.6 Å². The summed E-state index contributed by atoms with van der Waals surface area (Å²) in [5.74, 6) is -1.11. The normalized spacial score (nSPS) is 11.8. The Morgan fingerprint density at radius 1 is 1.32 bits per heavy atom. The van der Waals surface area contributed by atoms with Crippen LogP contribution < -0.4 is 5.32 Å². The lowest BCUT2D eigenvalue weighted by atomic mass is 10.0. The number of hydrogen-bond donors (Lipinski definition) is 1. The summed E-state index contributed by atoms with van der Waals surface area (Å²) in [6.45, 7) is 4.36. The van der Waals surface area contributed by atoms with Crippen LogP contribution in [-0.4, -0.2) is 16.6 Å². The second-order valence-electron chi connectivity index (χ2n) is 5.02. The fourth-order valence-electron chi connectivity index (χ4n) is 1.93. The highest BCUT2D eigenvalue weighted by Gasteiger charge is 2.22. The summed E-state index contributed by atoms with van der Waals surface area (Å²) in [5.41, 5.74) is 1.11. The van der Waals surface area contributed by atoms with Gasteiger partial charge in [-0.05, 0) is 27.0 Å². The van der Waals surface area contributed by atoms with Crippen LogP contribution in [0.15, 0.2) is 30.7 Å². The van der Waals surface area contributed by atoms with Crippen LogP contribution in [0.1, 0.15) is 25.1 Å². The van der Waals surface area contributed by atoms with Crippen molar-refractivity contribution in [1.29, 1.82) is 0 Å². The Bertz CT molecular complexity index is 576. The van der Waals surface area contributed by atoms with E-state index in [1.54, 1.807) is 12.5 Å². The molecule has 19 heavy (non-hydrogen) atoms. The number of rotatable bonds is 4. The summed E-state index contributed by atoms with van der Waals surface area (Å²) in [6, 6.07) is 3.62. The fourth-order valence-corrected chi connectivity index (χ4v) is 1.93. The van der Waals surface area contributed by atoms with E-state index in [4.69, 9.17) is 0 Å². The maximum absolute atomic E-state index is 13.7. The summed E-state index contributed by atoms with van der Waals surface area (Å²) in [4.78, 5) is 4.11. The molecule has 1 N–H and O–H groups in total. The van der Waals surface area contributed by atoms with E-state index in [-0.39, 0.29) is 5.54 Å². The molecule has 0 spiro atoms. The van der Waals surface area contributed by atoms with Gasteiger partial charge in [-0.2, -0.15) is 0 Å². The van der Waals surface area contributed by atoms with Crippen LogP contribution in [0.2, 0.25) is 0 Å². The smallest absolute Gasteiger partial charge is 0.131 e. The maximum atomic E-state index is 13.7. The highest BCUT2D eigenvalue weighted by atomic mass is 19.1. The zero-order valence-electron chi connectivity index (χ0n) is 11.2. The van der Waals surface area contributed by atoms with Crippen molar-refractivity contribution in [1.82, 2.24) is 14.9 Å². The first-order valence-corrected chi connectivity index (χ1v) is 6.07. The molecule has 5 heteroatoms. The van der Waals surface area contributed by atoms with E-state index in [2.05, 4.69) is 10.3 Å². The molecule has 0 bridgehead atoms. The Morgan fingerprint density at radius 3 is 2.68 bits per heavy atom. The number of benzene rings is 1. The molecule has 2 aromatic rings. The second-order valence-corrected chi connectivity index (χ2v) is 5.02. The van der Waals surface area contributed by atoms with Gasteiger partial charge in [0.15, 0.2) is 0 Å². The van der Waals surface area contributed by atoms with Gasteiger partial charge >= 0.3 is 0 Å². The minimum atomic E-state index is -0.567. The Hall–Kier alpha value is -1.75. The molecule has 1 aromatic heterocycles. The molecule has 0 amide bonds. The van der Waals surface area contributed by atoms with E-state index in [0.717, 1.165) is 11.8 Å². The number of aromatic nitrogens is 2. The second kappa shape index (κ2) is 5.09. The van der Waals surface area contributed by atoms with Crippen molar-refractivity contribution >= 4 is 0 Å². The summed E-state index contributed by atoms with van der Waals surface area (Å²) in [7, 11) is 1.86. The molecule has 1 aromatic carbocycles. The lowest BCUT2D eigenvalue weighted by molar-refractivity contribution is 0.412. The number of hydrogen-bond acceptors (Lipinski definition) is 2. The Kier molecular flexibility index (Phi) is 3.66. The minimum absolute atomic E-state index is 0.271. The van der Waals surface area contributed by atoms with E-state index in [0.29, 0.717) is 12.1 Å². The highest BCUT2D eigenvalue weighted by Crippen LogP contribution is 2.20. The van der Waals surface area contributed by atoms with Gasteiger partial charge < -0.3 is 9.88 Å². The van der Waals surface area contributed by atoms with Crippen LogP contribution in [0.5, 0.6) is 0 Å². The highest BCUT2D eigenvalue weighted by molar-refractivity contribution is 5.21. The molecule has 2 rings (SSSR count). The summed E-state index contributed by atoms with van der Waals surface area (Å²) < 4.78 is 28.4. The minimum Gasteiger partial charge on any atom is -0.328 e. The van der Waals surface area contributed by atoms with Gasteiger partial charge in [0.2, 0.25) is 0 Å². The molecule has 3 nitrogen and oxygen atoms in total. The molecule has 102 valence electrons. The monoisotopic (exact) mass is 265 g/mol. The molecule has 0 aliphatic carbocycles. The standard InChI is InChI=1S/C14H17F2N3/c1-14(2,17-3)13-7-18-9-19(13)8-10-4-5-11(15)6-12(10)16/h4-7,9,17H,8H2,1-3H3. The Balaban J connectivity index is 2.32. The summed E-state index contributed by atoms with van der Waals surface area (Å²) in [6.07, 6.45) is 3.40. The van der Waals surface area contributed by atoms with Crippen molar-refractivity contribution in [2.24, 2.45) is 0 Å². The van der Waals surface area contributed by atoms with Gasteiger partial charge in [-0.15, -0.1) is 0 Å². The maximum Gasteiger partial charge on any atom is 0.131 e. The van der Waals surface area contributed by atoms with Gasteiger partial charge in [0.05, 0.1) is 30.3 Å². The summed E-state index contributed by atoms with van der Waals surface area (Å²) >= 11 is 0. The van der Waals surface area contributed by atoms with Crippen LogP contribution in [0.4, 0.5) is 8.78 Å². The van der Waals surface area contributed by atoms with Crippen molar-refractivity contribution in [3.8, 4) is 0 Å². The molecule has 0 saturated carbocycles. The number of halogens is 2. The molecule has 1 heterocycles. The van der Waals surface area contributed by atoms with Crippen LogP contribution >= 0.6 is 0 Å². The van der Waals surface area contributed by atoms with Gasteiger partial charge in [0.25, 0.3) is 0 Å². The third-order valence-electron chi connectivity index (χ3n) is 3.33. The van der Waals surface area contributed by atoms with Gasteiger partial charge in [-0.1, -0.05) is 6.07 Å².